The third-order valence-corrected chi connectivity index (χ3v) is 3.77. The number of nitrogens with zero attached hydrogens (tertiary/aromatic N) is 1. The largest absolute Gasteiger partial charge is 0.388 e. The summed E-state index contributed by atoms with van der Waals surface area (Å²) in [5.41, 5.74) is 2.41. The predicted octanol–water partition coefficient (Wildman–Crippen LogP) is 3.15. The lowest BCUT2D eigenvalue weighted by Gasteiger charge is -2.21. The van der Waals surface area contributed by atoms with Gasteiger partial charge in [-0.2, -0.15) is 0 Å². The Morgan fingerprint density at radius 3 is 2.59 bits per heavy atom. The minimum atomic E-state index is 0.0182. The number of nitrogens with one attached hydrogen (secondary N) is 1. The van der Waals surface area contributed by atoms with Crippen LogP contribution in [0.4, 0.5) is 0 Å². The van der Waals surface area contributed by atoms with E-state index in [2.05, 4.69) is 23.8 Å². The first kappa shape index (κ1) is 12.6. The highest BCUT2D eigenvalue weighted by Crippen LogP contribution is 2.28. The van der Waals surface area contributed by atoms with E-state index in [4.69, 9.17) is 5.11 Å². The van der Waals surface area contributed by atoms with Crippen LogP contribution in [0, 0.1) is 5.92 Å². The van der Waals surface area contributed by atoms with E-state index in [0.717, 1.165) is 23.9 Å². The monoisotopic (exact) mass is 236 g/mol. The van der Waals surface area contributed by atoms with Crippen LogP contribution in [-0.4, -0.2) is 15.1 Å². The van der Waals surface area contributed by atoms with Crippen molar-refractivity contribution in [3.05, 3.63) is 17.2 Å². The molecule has 17 heavy (non-hydrogen) atoms. The van der Waals surface area contributed by atoms with Gasteiger partial charge in [-0.15, -0.1) is 0 Å². The van der Waals surface area contributed by atoms with E-state index in [1.807, 2.05) is 0 Å². The zero-order valence-electron chi connectivity index (χ0n) is 11.0. The molecular weight excluding hydrogens is 212 g/mol. The van der Waals surface area contributed by atoms with E-state index in [9.17, 15) is 0 Å². The smallest absolute Gasteiger partial charge is 0.132 e. The van der Waals surface area contributed by atoms with E-state index in [1.165, 1.54) is 37.8 Å². The van der Waals surface area contributed by atoms with E-state index >= 15 is 0 Å². The Morgan fingerprint density at radius 1 is 1.29 bits per heavy atom. The maximum Gasteiger partial charge on any atom is 0.132 e. The van der Waals surface area contributed by atoms with Gasteiger partial charge in [0.05, 0.1) is 5.69 Å². The highest BCUT2D eigenvalue weighted by atomic mass is 16.3. The molecule has 0 amide bonds. The number of H-pyrrole nitrogens is 1. The van der Waals surface area contributed by atoms with Gasteiger partial charge in [0.2, 0.25) is 0 Å². The van der Waals surface area contributed by atoms with Crippen molar-refractivity contribution in [2.45, 2.75) is 64.9 Å². The van der Waals surface area contributed by atoms with E-state index < -0.39 is 0 Å². The maximum atomic E-state index is 9.17. The van der Waals surface area contributed by atoms with Crippen LogP contribution in [0.3, 0.4) is 0 Å². The van der Waals surface area contributed by atoms with Gasteiger partial charge in [-0.05, 0) is 18.3 Å². The summed E-state index contributed by atoms with van der Waals surface area (Å²) in [7, 11) is 0. The lowest BCUT2D eigenvalue weighted by molar-refractivity contribution is 0.272. The average molecular weight is 236 g/mol. The lowest BCUT2D eigenvalue weighted by Crippen LogP contribution is -2.11. The number of aromatic nitrogens is 2. The molecule has 2 rings (SSSR count). The highest BCUT2D eigenvalue weighted by molar-refractivity contribution is 5.18. The fourth-order valence-corrected chi connectivity index (χ4v) is 2.87. The summed E-state index contributed by atoms with van der Waals surface area (Å²) in [4.78, 5) is 7.79. The number of rotatable bonds is 4. The molecule has 1 heterocycles. The van der Waals surface area contributed by atoms with Crippen molar-refractivity contribution in [3.8, 4) is 0 Å². The van der Waals surface area contributed by atoms with Crippen LogP contribution in [0.2, 0.25) is 0 Å². The summed E-state index contributed by atoms with van der Waals surface area (Å²) >= 11 is 0. The number of aliphatic hydroxyl groups excluding tert-OH is 1. The van der Waals surface area contributed by atoms with Crippen LogP contribution in [-0.2, 0) is 13.0 Å². The first-order valence-corrected chi connectivity index (χ1v) is 6.89. The normalized spacial score (nSPS) is 17.9. The number of aromatic amines is 1. The summed E-state index contributed by atoms with van der Waals surface area (Å²) in [5.74, 6) is 1.97. The van der Waals surface area contributed by atoms with Crippen molar-refractivity contribution < 1.29 is 5.11 Å². The van der Waals surface area contributed by atoms with Gasteiger partial charge in [0.15, 0.2) is 0 Å². The molecule has 2 N–H and O–H groups in total. The summed E-state index contributed by atoms with van der Waals surface area (Å²) in [6.45, 7) is 4.35. The van der Waals surface area contributed by atoms with Gasteiger partial charge in [0, 0.05) is 5.69 Å². The molecule has 0 aliphatic heterocycles. The zero-order chi connectivity index (χ0) is 12.3. The van der Waals surface area contributed by atoms with Crippen LogP contribution in [0.5, 0.6) is 0 Å². The van der Waals surface area contributed by atoms with Crippen molar-refractivity contribution in [3.63, 3.8) is 0 Å². The van der Waals surface area contributed by atoms with Gasteiger partial charge < -0.3 is 10.1 Å². The first-order valence-electron chi connectivity index (χ1n) is 6.89. The van der Waals surface area contributed by atoms with Gasteiger partial charge in [-0.3, -0.25) is 0 Å². The van der Waals surface area contributed by atoms with Crippen LogP contribution >= 0.6 is 0 Å². The molecule has 1 aromatic heterocycles. The molecular formula is C14H24N2O. The lowest BCUT2D eigenvalue weighted by atomic mass is 9.85. The van der Waals surface area contributed by atoms with Crippen molar-refractivity contribution in [1.82, 2.24) is 9.97 Å². The summed E-state index contributed by atoms with van der Waals surface area (Å²) < 4.78 is 0. The Bertz CT molecular complexity index is 351. The molecule has 0 saturated heterocycles. The Balaban J connectivity index is 2.09. The maximum absolute atomic E-state index is 9.17. The van der Waals surface area contributed by atoms with Crippen molar-refractivity contribution in [2.75, 3.05) is 0 Å². The van der Waals surface area contributed by atoms with Gasteiger partial charge in [-0.25, -0.2) is 4.98 Å². The molecule has 1 aromatic rings. The number of hydrogen-bond acceptors (Lipinski definition) is 2. The fraction of sp³-hybridized carbons (Fsp3) is 0.786. The Morgan fingerprint density at radius 2 is 2.00 bits per heavy atom. The third-order valence-electron chi connectivity index (χ3n) is 3.77. The summed E-state index contributed by atoms with van der Waals surface area (Å²) in [6.07, 6.45) is 7.97. The second-order valence-corrected chi connectivity index (χ2v) is 5.57. The van der Waals surface area contributed by atoms with Gasteiger partial charge in [0.25, 0.3) is 0 Å². The predicted molar refractivity (Wildman–Crippen MR) is 68.9 cm³/mol. The number of imidazole rings is 1. The van der Waals surface area contributed by atoms with E-state index in [-0.39, 0.29) is 6.61 Å². The second kappa shape index (κ2) is 5.67. The second-order valence-electron chi connectivity index (χ2n) is 5.57. The van der Waals surface area contributed by atoms with Crippen molar-refractivity contribution >= 4 is 0 Å². The van der Waals surface area contributed by atoms with Crippen LogP contribution in [0.15, 0.2) is 0 Å². The topological polar surface area (TPSA) is 48.9 Å². The van der Waals surface area contributed by atoms with Crippen LogP contribution in [0.25, 0.3) is 0 Å². The summed E-state index contributed by atoms with van der Waals surface area (Å²) in [5, 5.41) is 9.17. The Kier molecular flexibility index (Phi) is 4.21. The number of aliphatic hydroxyl groups is 1. The highest BCUT2D eigenvalue weighted by Gasteiger charge is 2.19. The Hall–Kier alpha value is -0.830. The third kappa shape index (κ3) is 3.09. The quantitative estimate of drug-likeness (QED) is 0.843. The average Bonchev–Trinajstić information content (AvgIpc) is 2.74. The molecule has 0 bridgehead atoms. The van der Waals surface area contributed by atoms with Crippen LogP contribution < -0.4 is 0 Å². The standard InChI is InChI=1S/C14H24N2O/c1-10(2)14-12(15-13(9-17)16-14)8-11-6-4-3-5-7-11/h10-11,17H,3-9H2,1-2H3,(H,15,16). The van der Waals surface area contributed by atoms with E-state index in [0.29, 0.717) is 5.92 Å². The van der Waals surface area contributed by atoms with Gasteiger partial charge in [0.1, 0.15) is 12.4 Å². The molecule has 0 unspecified atom stereocenters. The molecule has 1 saturated carbocycles. The number of hydrogen-bond donors (Lipinski definition) is 2. The van der Waals surface area contributed by atoms with Crippen molar-refractivity contribution in [2.24, 2.45) is 5.92 Å². The molecule has 1 aliphatic carbocycles. The molecule has 96 valence electrons. The molecule has 1 aliphatic rings. The molecule has 0 radical (unpaired) electrons. The van der Waals surface area contributed by atoms with E-state index in [1.54, 1.807) is 0 Å². The molecule has 0 spiro atoms. The van der Waals surface area contributed by atoms with Gasteiger partial charge in [-0.1, -0.05) is 46.0 Å². The van der Waals surface area contributed by atoms with Crippen molar-refractivity contribution in [1.29, 1.82) is 0 Å². The fourth-order valence-electron chi connectivity index (χ4n) is 2.87. The molecule has 3 nitrogen and oxygen atoms in total. The van der Waals surface area contributed by atoms with Gasteiger partial charge >= 0.3 is 0 Å². The zero-order valence-corrected chi connectivity index (χ0v) is 11.0. The minimum Gasteiger partial charge on any atom is -0.388 e. The molecule has 0 atom stereocenters. The van der Waals surface area contributed by atoms with Crippen LogP contribution in [0.1, 0.15) is 69.1 Å². The molecule has 3 heteroatoms. The Labute approximate surface area is 104 Å². The SMILES string of the molecule is CC(C)c1nc(CO)[nH]c1CC1CCCCC1. The minimum absolute atomic E-state index is 0.0182. The molecule has 1 fully saturated rings. The molecule has 0 aromatic carbocycles. The first-order chi connectivity index (χ1) is 8.20. The summed E-state index contributed by atoms with van der Waals surface area (Å²) in [6, 6.07) is 0.